The van der Waals surface area contributed by atoms with Crippen molar-refractivity contribution in [2.75, 3.05) is 5.32 Å². The van der Waals surface area contributed by atoms with Crippen LogP contribution in [0.3, 0.4) is 0 Å². The summed E-state index contributed by atoms with van der Waals surface area (Å²) in [7, 11) is 0. The lowest BCUT2D eigenvalue weighted by Gasteiger charge is -2.10. The van der Waals surface area contributed by atoms with E-state index in [4.69, 9.17) is 11.6 Å². The minimum Gasteiger partial charge on any atom is -0.324 e. The Morgan fingerprint density at radius 3 is 2.75 bits per heavy atom. The van der Waals surface area contributed by atoms with Gasteiger partial charge in [0.25, 0.3) is 0 Å². The Bertz CT molecular complexity index is 878. The number of nitrogens with one attached hydrogen (secondary N) is 1. The maximum Gasteiger partial charge on any atom is 0.246 e. The molecule has 6 nitrogen and oxygen atoms in total. The lowest BCUT2D eigenvalue weighted by molar-refractivity contribution is -0.116. The zero-order valence-corrected chi connectivity index (χ0v) is 15.0. The molecule has 0 spiro atoms. The maximum absolute atomic E-state index is 12.3. The van der Waals surface area contributed by atoms with E-state index < -0.39 is 0 Å². The first-order valence-electron chi connectivity index (χ1n) is 7.11. The highest BCUT2D eigenvalue weighted by Gasteiger charge is 2.13. The number of tetrazole rings is 1. The van der Waals surface area contributed by atoms with Crippen LogP contribution in [0.5, 0.6) is 0 Å². The molecule has 1 N–H and O–H groups in total. The van der Waals surface area contributed by atoms with Gasteiger partial charge in [0.2, 0.25) is 5.91 Å². The fraction of sp³-hybridized carbons (Fsp3) is 0.125. The number of benzene rings is 2. The van der Waals surface area contributed by atoms with Crippen LogP contribution in [0.4, 0.5) is 5.69 Å². The molecule has 1 amide bonds. The number of aromatic nitrogens is 4. The van der Waals surface area contributed by atoms with Crippen LogP contribution in [0.1, 0.15) is 5.56 Å². The SMILES string of the molecule is Cc1c(Cl)cccc1NC(=O)Cn1nnnc1-c1ccc(Br)cc1. The summed E-state index contributed by atoms with van der Waals surface area (Å²) in [4.78, 5) is 12.3. The van der Waals surface area contributed by atoms with Crippen molar-refractivity contribution in [2.24, 2.45) is 0 Å². The van der Waals surface area contributed by atoms with E-state index in [0.717, 1.165) is 15.6 Å². The van der Waals surface area contributed by atoms with Gasteiger partial charge in [0.05, 0.1) is 0 Å². The van der Waals surface area contributed by atoms with E-state index in [1.165, 1.54) is 4.68 Å². The van der Waals surface area contributed by atoms with Gasteiger partial charge in [-0.2, -0.15) is 0 Å². The molecule has 3 rings (SSSR count). The highest BCUT2D eigenvalue weighted by atomic mass is 79.9. The molecule has 8 heteroatoms. The predicted molar refractivity (Wildman–Crippen MR) is 95.8 cm³/mol. The van der Waals surface area contributed by atoms with Gasteiger partial charge in [-0.15, -0.1) is 5.10 Å². The summed E-state index contributed by atoms with van der Waals surface area (Å²) < 4.78 is 2.41. The molecular formula is C16H13BrClN5O. The highest BCUT2D eigenvalue weighted by Crippen LogP contribution is 2.23. The molecule has 24 heavy (non-hydrogen) atoms. The van der Waals surface area contributed by atoms with Crippen molar-refractivity contribution < 1.29 is 4.79 Å². The number of hydrogen-bond donors (Lipinski definition) is 1. The monoisotopic (exact) mass is 405 g/mol. The van der Waals surface area contributed by atoms with E-state index >= 15 is 0 Å². The fourth-order valence-corrected chi connectivity index (χ4v) is 2.62. The summed E-state index contributed by atoms with van der Waals surface area (Å²) in [6, 6.07) is 12.9. The van der Waals surface area contributed by atoms with Crippen molar-refractivity contribution in [3.05, 3.63) is 57.5 Å². The lowest BCUT2D eigenvalue weighted by Crippen LogP contribution is -2.20. The summed E-state index contributed by atoms with van der Waals surface area (Å²) in [5.41, 5.74) is 2.32. The van der Waals surface area contributed by atoms with Gasteiger partial charge in [-0.1, -0.05) is 45.7 Å². The number of carbonyl (C=O) groups excluding carboxylic acids is 1. The van der Waals surface area contributed by atoms with Crippen molar-refractivity contribution >= 4 is 39.1 Å². The van der Waals surface area contributed by atoms with Crippen molar-refractivity contribution in [1.29, 1.82) is 0 Å². The van der Waals surface area contributed by atoms with E-state index in [0.29, 0.717) is 16.5 Å². The number of nitrogens with zero attached hydrogens (tertiary/aromatic N) is 4. The molecule has 0 saturated heterocycles. The van der Waals surface area contributed by atoms with E-state index in [1.807, 2.05) is 31.2 Å². The number of anilines is 1. The molecule has 0 fully saturated rings. The van der Waals surface area contributed by atoms with Gasteiger partial charge < -0.3 is 5.32 Å². The number of rotatable bonds is 4. The lowest BCUT2D eigenvalue weighted by atomic mass is 10.2. The van der Waals surface area contributed by atoms with Crippen LogP contribution >= 0.6 is 27.5 Å². The molecule has 0 aliphatic carbocycles. The first kappa shape index (κ1) is 16.6. The summed E-state index contributed by atoms with van der Waals surface area (Å²) in [6.07, 6.45) is 0. The molecule has 0 bridgehead atoms. The van der Waals surface area contributed by atoms with Crippen molar-refractivity contribution in [3.8, 4) is 11.4 Å². The zero-order valence-electron chi connectivity index (χ0n) is 12.7. The summed E-state index contributed by atoms with van der Waals surface area (Å²) >= 11 is 9.45. The molecular weight excluding hydrogens is 394 g/mol. The van der Waals surface area contributed by atoms with Crippen LogP contribution in [-0.2, 0) is 11.3 Å². The minimum atomic E-state index is -0.231. The molecule has 0 radical (unpaired) electrons. The number of hydrogen-bond acceptors (Lipinski definition) is 4. The smallest absolute Gasteiger partial charge is 0.246 e. The Labute approximate surface area is 152 Å². The third-order valence-corrected chi connectivity index (χ3v) is 4.41. The third kappa shape index (κ3) is 3.63. The van der Waals surface area contributed by atoms with Gasteiger partial charge in [-0.25, -0.2) is 4.68 Å². The van der Waals surface area contributed by atoms with Gasteiger partial charge >= 0.3 is 0 Å². The topological polar surface area (TPSA) is 72.7 Å². The van der Waals surface area contributed by atoms with Crippen LogP contribution < -0.4 is 5.32 Å². The second-order valence-electron chi connectivity index (χ2n) is 5.13. The number of halogens is 2. The molecule has 2 aromatic carbocycles. The van der Waals surface area contributed by atoms with E-state index in [1.54, 1.807) is 18.2 Å². The number of carbonyl (C=O) groups is 1. The van der Waals surface area contributed by atoms with Crippen LogP contribution in [0.25, 0.3) is 11.4 Å². The summed E-state index contributed by atoms with van der Waals surface area (Å²) in [6.45, 7) is 1.85. The van der Waals surface area contributed by atoms with E-state index in [-0.39, 0.29) is 12.5 Å². The van der Waals surface area contributed by atoms with Crippen LogP contribution in [-0.4, -0.2) is 26.1 Å². The average Bonchev–Trinajstić information content (AvgIpc) is 3.00. The third-order valence-electron chi connectivity index (χ3n) is 3.47. The molecule has 1 heterocycles. The largest absolute Gasteiger partial charge is 0.324 e. The fourth-order valence-electron chi connectivity index (χ4n) is 2.19. The molecule has 3 aromatic rings. The molecule has 0 atom stereocenters. The van der Waals surface area contributed by atoms with Crippen molar-refractivity contribution in [2.45, 2.75) is 13.5 Å². The summed E-state index contributed by atoms with van der Waals surface area (Å²) in [5.74, 6) is 0.298. The molecule has 122 valence electrons. The molecule has 0 saturated carbocycles. The Kier molecular flexibility index (Phi) is 4.92. The Balaban J connectivity index is 1.77. The Morgan fingerprint density at radius 2 is 2.00 bits per heavy atom. The first-order valence-corrected chi connectivity index (χ1v) is 8.29. The quantitative estimate of drug-likeness (QED) is 0.717. The predicted octanol–water partition coefficient (Wildman–Crippen LogP) is 3.70. The Hall–Kier alpha value is -2.25. The van der Waals surface area contributed by atoms with Crippen molar-refractivity contribution in [1.82, 2.24) is 20.2 Å². The standard InChI is InChI=1S/C16H13BrClN5O/c1-10-13(18)3-2-4-14(10)19-15(24)9-23-16(20-21-22-23)11-5-7-12(17)8-6-11/h2-8H,9H2,1H3,(H,19,24). The second-order valence-corrected chi connectivity index (χ2v) is 6.45. The van der Waals surface area contributed by atoms with Crippen LogP contribution in [0.2, 0.25) is 5.02 Å². The van der Waals surface area contributed by atoms with E-state index in [9.17, 15) is 4.79 Å². The van der Waals surface area contributed by atoms with Crippen molar-refractivity contribution in [3.63, 3.8) is 0 Å². The second kappa shape index (κ2) is 7.11. The molecule has 0 unspecified atom stereocenters. The van der Waals surface area contributed by atoms with Crippen LogP contribution in [0, 0.1) is 6.92 Å². The normalized spacial score (nSPS) is 10.6. The highest BCUT2D eigenvalue weighted by molar-refractivity contribution is 9.10. The maximum atomic E-state index is 12.3. The zero-order chi connectivity index (χ0) is 17.1. The van der Waals surface area contributed by atoms with Gasteiger partial charge in [-0.3, -0.25) is 4.79 Å². The van der Waals surface area contributed by atoms with Gasteiger partial charge in [0.15, 0.2) is 5.82 Å². The Morgan fingerprint density at radius 1 is 1.25 bits per heavy atom. The first-order chi connectivity index (χ1) is 11.5. The molecule has 0 aliphatic rings. The average molecular weight is 407 g/mol. The minimum absolute atomic E-state index is 0.00432. The number of amides is 1. The van der Waals surface area contributed by atoms with Gasteiger partial charge in [0, 0.05) is 20.7 Å². The van der Waals surface area contributed by atoms with E-state index in [2.05, 4.69) is 36.8 Å². The molecule has 1 aromatic heterocycles. The summed E-state index contributed by atoms with van der Waals surface area (Å²) in [5, 5.41) is 15.0. The van der Waals surface area contributed by atoms with Gasteiger partial charge in [0.1, 0.15) is 6.54 Å². The molecule has 0 aliphatic heterocycles. The van der Waals surface area contributed by atoms with Gasteiger partial charge in [-0.05, 0) is 47.2 Å². The van der Waals surface area contributed by atoms with Crippen LogP contribution in [0.15, 0.2) is 46.9 Å².